The van der Waals surface area contributed by atoms with Gasteiger partial charge in [-0.05, 0) is 18.7 Å². The summed E-state index contributed by atoms with van der Waals surface area (Å²) in [6, 6.07) is 0. The van der Waals surface area contributed by atoms with E-state index in [-0.39, 0.29) is 54.5 Å². The van der Waals surface area contributed by atoms with Crippen molar-refractivity contribution in [3.05, 3.63) is 36.1 Å². The Morgan fingerprint density at radius 2 is 1.94 bits per heavy atom. The monoisotopic (exact) mass is 364 g/mol. The molecule has 0 saturated heterocycles. The summed E-state index contributed by atoms with van der Waals surface area (Å²) >= 11 is 0. The molecule has 0 aromatic rings. The van der Waals surface area contributed by atoms with Crippen LogP contribution in [0.4, 0.5) is 0 Å². The normalized spacial score (nSPS) is 22.1. The van der Waals surface area contributed by atoms with Crippen LogP contribution in [-0.2, 0) is 14.3 Å². The first-order valence-electron chi connectivity index (χ1n) is 4.32. The van der Waals surface area contributed by atoms with Crippen LogP contribution in [0.3, 0.4) is 0 Å². The van der Waals surface area contributed by atoms with E-state index in [2.05, 4.69) is 6.58 Å². The first kappa shape index (κ1) is 16.5. The van der Waals surface area contributed by atoms with Crippen molar-refractivity contribution in [2.24, 2.45) is 0 Å². The summed E-state index contributed by atoms with van der Waals surface area (Å²) in [5.74, 6) is -3.11. The summed E-state index contributed by atoms with van der Waals surface area (Å²) in [5.41, 5.74) is -0.0755. The molecule has 1 aliphatic rings. The topological polar surface area (TPSA) is 104 Å². The fraction of sp³-hybridized carbons (Fsp3) is 0.200. The van der Waals surface area contributed by atoms with Gasteiger partial charge >= 0.3 is 11.9 Å². The molecule has 1 aliphatic carbocycles. The average Bonchev–Trinajstić information content (AvgIpc) is 2.20. The van der Waals surface area contributed by atoms with Crippen molar-refractivity contribution in [1.29, 1.82) is 0 Å². The van der Waals surface area contributed by atoms with Gasteiger partial charge in [0, 0.05) is 48.9 Å². The molecule has 7 heteroatoms. The van der Waals surface area contributed by atoms with E-state index in [1.807, 2.05) is 0 Å². The van der Waals surface area contributed by atoms with E-state index in [0.717, 1.165) is 6.08 Å². The number of aliphatic carboxylic acids is 2. The zero-order valence-corrected chi connectivity index (χ0v) is 13.3. The Morgan fingerprint density at radius 1 is 1.35 bits per heavy atom. The number of hydrogen-bond donors (Lipinski definition) is 3. The fourth-order valence-electron chi connectivity index (χ4n) is 1.10. The first-order valence-corrected chi connectivity index (χ1v) is 4.32. The second kappa shape index (κ2) is 7.04. The van der Waals surface area contributed by atoms with Crippen molar-refractivity contribution in [1.82, 2.24) is 0 Å². The Kier molecular flexibility index (Phi) is 6.83. The summed E-state index contributed by atoms with van der Waals surface area (Å²) in [7, 11) is 0. The van der Waals surface area contributed by atoms with Crippen molar-refractivity contribution < 1.29 is 29.6 Å². The van der Waals surface area contributed by atoms with Crippen LogP contribution >= 0.6 is 0 Å². The van der Waals surface area contributed by atoms with Crippen molar-refractivity contribution in [2.45, 2.75) is 12.2 Å². The standard InChI is InChI=1S/C10H10O6.Ba/c1-5(9(12)13)16-8-4-6(10(14)15)2-3-7(8)11;/h2-4,7-8,11H,1H2,(H,12,13)(H,14,15);/t7-,8-;/m1./s1. The van der Waals surface area contributed by atoms with Gasteiger partial charge in [0.15, 0.2) is 5.76 Å². The maximum atomic E-state index is 10.6. The zero-order valence-electron chi connectivity index (χ0n) is 8.87. The summed E-state index contributed by atoms with van der Waals surface area (Å²) in [6.45, 7) is 3.12. The first-order chi connectivity index (χ1) is 7.41. The van der Waals surface area contributed by atoms with Crippen LogP contribution in [-0.4, -0.2) is 88.3 Å². The van der Waals surface area contributed by atoms with Crippen molar-refractivity contribution in [3.8, 4) is 0 Å². The second-order valence-electron chi connectivity index (χ2n) is 3.09. The maximum absolute atomic E-state index is 10.6. The SMILES string of the molecule is C=C(O[C@@H]1C=C(C(=O)O)C=C[C@H]1O)C(=O)O.[Ba]. The summed E-state index contributed by atoms with van der Waals surface area (Å²) in [4.78, 5) is 21.1. The van der Waals surface area contributed by atoms with Crippen LogP contribution in [0.25, 0.3) is 0 Å². The molecule has 0 heterocycles. The fourth-order valence-corrected chi connectivity index (χ4v) is 1.10. The number of rotatable bonds is 4. The van der Waals surface area contributed by atoms with Crippen molar-refractivity contribution in [2.75, 3.05) is 0 Å². The number of hydrogen-bond acceptors (Lipinski definition) is 4. The van der Waals surface area contributed by atoms with Gasteiger partial charge in [0.2, 0.25) is 0 Å². The number of carboxylic acids is 2. The smallest absolute Gasteiger partial charge is 0.370 e. The molecule has 2 atom stereocenters. The Bertz CT molecular complexity index is 398. The Morgan fingerprint density at radius 3 is 2.41 bits per heavy atom. The van der Waals surface area contributed by atoms with E-state index in [9.17, 15) is 14.7 Å². The number of aliphatic hydroxyl groups excluding tert-OH is 1. The van der Waals surface area contributed by atoms with E-state index < -0.39 is 29.9 Å². The van der Waals surface area contributed by atoms with Crippen molar-refractivity contribution in [3.63, 3.8) is 0 Å². The van der Waals surface area contributed by atoms with E-state index in [1.54, 1.807) is 0 Å². The van der Waals surface area contributed by atoms with E-state index >= 15 is 0 Å². The van der Waals surface area contributed by atoms with Gasteiger partial charge in [-0.2, -0.15) is 0 Å². The van der Waals surface area contributed by atoms with E-state index in [1.165, 1.54) is 12.2 Å². The van der Waals surface area contributed by atoms with Gasteiger partial charge in [-0.25, -0.2) is 9.59 Å². The summed E-state index contributed by atoms with van der Waals surface area (Å²) in [5, 5.41) is 26.6. The van der Waals surface area contributed by atoms with Crippen LogP contribution in [0.1, 0.15) is 0 Å². The quantitative estimate of drug-likeness (QED) is 0.354. The second-order valence-corrected chi connectivity index (χ2v) is 3.09. The van der Waals surface area contributed by atoms with Gasteiger partial charge in [-0.1, -0.05) is 6.08 Å². The molecule has 6 nitrogen and oxygen atoms in total. The molecule has 17 heavy (non-hydrogen) atoms. The molecule has 2 radical (unpaired) electrons. The minimum atomic E-state index is -1.37. The number of ether oxygens (including phenoxy) is 1. The van der Waals surface area contributed by atoms with Gasteiger partial charge in [0.05, 0.1) is 5.57 Å². The Balaban J connectivity index is 0.00000256. The van der Waals surface area contributed by atoms with E-state index in [0.29, 0.717) is 0 Å². The van der Waals surface area contributed by atoms with Crippen LogP contribution in [0.15, 0.2) is 36.1 Å². The molecule has 0 amide bonds. The van der Waals surface area contributed by atoms with Crippen LogP contribution in [0, 0.1) is 0 Å². The van der Waals surface area contributed by atoms with Gasteiger partial charge in [-0.3, -0.25) is 0 Å². The summed E-state index contributed by atoms with van der Waals surface area (Å²) < 4.78 is 4.81. The predicted molar refractivity (Wildman–Crippen MR) is 58.3 cm³/mol. The molecule has 0 bridgehead atoms. The molecular weight excluding hydrogens is 353 g/mol. The molecule has 0 aromatic carbocycles. The number of carbonyl (C=O) groups is 2. The van der Waals surface area contributed by atoms with Gasteiger partial charge < -0.3 is 20.1 Å². The number of carboxylic acid groups (broad SMARTS) is 2. The molecule has 88 valence electrons. The van der Waals surface area contributed by atoms with Crippen LogP contribution in [0.2, 0.25) is 0 Å². The van der Waals surface area contributed by atoms with Gasteiger partial charge in [-0.15, -0.1) is 0 Å². The molecule has 0 saturated carbocycles. The van der Waals surface area contributed by atoms with Crippen molar-refractivity contribution >= 4 is 60.8 Å². The minimum absolute atomic E-state index is 0. The average molecular weight is 364 g/mol. The third-order valence-electron chi connectivity index (χ3n) is 1.92. The Hall–Kier alpha value is -0.509. The van der Waals surface area contributed by atoms with Gasteiger partial charge in [0.1, 0.15) is 12.2 Å². The Labute approximate surface area is 137 Å². The zero-order chi connectivity index (χ0) is 12.3. The molecule has 0 spiro atoms. The predicted octanol–water partition coefficient (Wildman–Crippen LogP) is -0.469. The molecular formula is C10H10BaO6. The molecule has 3 N–H and O–H groups in total. The molecule has 1 rings (SSSR count). The van der Waals surface area contributed by atoms with E-state index in [4.69, 9.17) is 14.9 Å². The van der Waals surface area contributed by atoms with Gasteiger partial charge in [0.25, 0.3) is 0 Å². The molecule has 0 fully saturated rings. The molecule has 0 aromatic heterocycles. The van der Waals surface area contributed by atoms with Crippen LogP contribution in [0.5, 0.6) is 0 Å². The minimum Gasteiger partial charge on any atom is -0.478 e. The third kappa shape index (κ3) is 4.70. The third-order valence-corrected chi connectivity index (χ3v) is 1.92. The molecule has 0 aliphatic heterocycles. The maximum Gasteiger partial charge on any atom is 0.370 e. The molecule has 0 unspecified atom stereocenters. The summed E-state index contributed by atoms with van der Waals surface area (Å²) in [6.07, 6.45) is 1.40. The largest absolute Gasteiger partial charge is 0.478 e. The number of aliphatic hydroxyl groups is 1. The van der Waals surface area contributed by atoms with Crippen LogP contribution < -0.4 is 0 Å².